The van der Waals surface area contributed by atoms with Crippen LogP contribution in [0.4, 0.5) is 0 Å². The number of nitrogens with zero attached hydrogens (tertiary/aromatic N) is 4. The van der Waals surface area contributed by atoms with Gasteiger partial charge in [0.2, 0.25) is 5.89 Å². The second-order valence-electron chi connectivity index (χ2n) is 18.5. The number of fused-ring (bicyclic) bond motifs is 11. The van der Waals surface area contributed by atoms with Crippen molar-refractivity contribution in [2.45, 2.75) is 19.3 Å². The molecule has 9 aromatic carbocycles. The van der Waals surface area contributed by atoms with Gasteiger partial charge in [-0.15, -0.1) is 0 Å². The minimum absolute atomic E-state index is 0.282. The average molecular weight is 871 g/mol. The Hall–Kier alpha value is -8.80. The van der Waals surface area contributed by atoms with Crippen molar-refractivity contribution < 1.29 is 4.42 Å². The number of oxazole rings is 1. The van der Waals surface area contributed by atoms with Gasteiger partial charge in [0.1, 0.15) is 5.52 Å². The van der Waals surface area contributed by atoms with Crippen LogP contribution >= 0.6 is 0 Å². The Morgan fingerprint density at radius 1 is 0.397 bits per heavy atom. The maximum atomic E-state index is 6.74. The molecule has 0 atom stereocenters. The van der Waals surface area contributed by atoms with Crippen molar-refractivity contribution in [2.24, 2.45) is 0 Å². The first kappa shape index (κ1) is 38.5. The van der Waals surface area contributed by atoms with Crippen molar-refractivity contribution in [3.8, 4) is 67.6 Å². The van der Waals surface area contributed by atoms with Crippen molar-refractivity contribution in [3.63, 3.8) is 0 Å². The molecule has 1 aliphatic rings. The van der Waals surface area contributed by atoms with Gasteiger partial charge in [-0.3, -0.25) is 0 Å². The Labute approximate surface area is 392 Å². The highest BCUT2D eigenvalue weighted by Crippen LogP contribution is 2.51. The van der Waals surface area contributed by atoms with E-state index in [1.165, 1.54) is 49.4 Å². The van der Waals surface area contributed by atoms with Gasteiger partial charge >= 0.3 is 0 Å². The molecule has 5 heteroatoms. The van der Waals surface area contributed by atoms with Crippen molar-refractivity contribution in [3.05, 3.63) is 230 Å². The molecular formula is C63H42N4O. The summed E-state index contributed by atoms with van der Waals surface area (Å²) in [4.78, 5) is 10.2. The quantitative estimate of drug-likeness (QED) is 0.167. The summed E-state index contributed by atoms with van der Waals surface area (Å²) in [6, 6.07) is 78.3. The lowest BCUT2D eigenvalue weighted by Gasteiger charge is -2.23. The van der Waals surface area contributed by atoms with Gasteiger partial charge < -0.3 is 13.6 Å². The summed E-state index contributed by atoms with van der Waals surface area (Å²) in [6.07, 6.45) is 0. The fourth-order valence-corrected chi connectivity index (χ4v) is 11.1. The van der Waals surface area contributed by atoms with Gasteiger partial charge in [0.25, 0.3) is 0 Å². The Morgan fingerprint density at radius 3 is 1.59 bits per heavy atom. The Kier molecular flexibility index (Phi) is 8.26. The lowest BCUT2D eigenvalue weighted by Crippen LogP contribution is -2.15. The summed E-state index contributed by atoms with van der Waals surface area (Å²) < 4.78 is 11.6. The van der Waals surface area contributed by atoms with Gasteiger partial charge in [-0.2, -0.15) is 0 Å². The molecular weight excluding hydrogens is 829 g/mol. The van der Waals surface area contributed by atoms with E-state index in [0.29, 0.717) is 5.89 Å². The predicted molar refractivity (Wildman–Crippen MR) is 280 cm³/mol. The first-order valence-electron chi connectivity index (χ1n) is 23.3. The topological polar surface area (TPSA) is 48.8 Å². The molecule has 4 heterocycles. The van der Waals surface area contributed by atoms with E-state index in [-0.39, 0.29) is 5.41 Å². The van der Waals surface area contributed by atoms with Gasteiger partial charge in [0, 0.05) is 49.3 Å². The number of aromatic nitrogens is 4. The molecule has 0 N–H and O–H groups in total. The van der Waals surface area contributed by atoms with Crippen LogP contribution in [-0.2, 0) is 5.41 Å². The Morgan fingerprint density at radius 2 is 0.941 bits per heavy atom. The summed E-state index contributed by atoms with van der Waals surface area (Å²) >= 11 is 0. The third-order valence-corrected chi connectivity index (χ3v) is 14.3. The largest absolute Gasteiger partial charge is 0.434 e. The van der Waals surface area contributed by atoms with Crippen LogP contribution in [0.25, 0.3) is 122 Å². The van der Waals surface area contributed by atoms with E-state index in [1.54, 1.807) is 0 Å². The third-order valence-electron chi connectivity index (χ3n) is 14.3. The predicted octanol–water partition coefficient (Wildman–Crippen LogP) is 16.4. The second kappa shape index (κ2) is 14.6. The summed E-state index contributed by atoms with van der Waals surface area (Å²) in [5.41, 5.74) is 20.5. The van der Waals surface area contributed by atoms with E-state index in [4.69, 9.17) is 14.4 Å². The number of benzene rings is 9. The van der Waals surface area contributed by atoms with Crippen LogP contribution in [0.5, 0.6) is 0 Å². The van der Waals surface area contributed by atoms with E-state index in [9.17, 15) is 0 Å². The molecule has 0 radical (unpaired) electrons. The number of hydrogen-bond donors (Lipinski definition) is 0. The van der Waals surface area contributed by atoms with E-state index < -0.39 is 0 Å². The third kappa shape index (κ3) is 5.69. The van der Waals surface area contributed by atoms with Gasteiger partial charge in [-0.1, -0.05) is 166 Å². The zero-order valence-electron chi connectivity index (χ0n) is 37.5. The maximum Gasteiger partial charge on any atom is 0.227 e. The fraction of sp³-hybridized carbons (Fsp3) is 0.0476. The monoisotopic (exact) mass is 870 g/mol. The van der Waals surface area contributed by atoms with Gasteiger partial charge in [-0.05, 0) is 100 Å². The number of pyridine rings is 1. The van der Waals surface area contributed by atoms with Crippen LogP contribution in [0.15, 0.2) is 223 Å². The maximum absolute atomic E-state index is 6.74. The van der Waals surface area contributed by atoms with Gasteiger partial charge in [0.05, 0.1) is 39.1 Å². The zero-order chi connectivity index (χ0) is 45.1. The lowest BCUT2D eigenvalue weighted by molar-refractivity contribution is 0.618. The zero-order valence-corrected chi connectivity index (χ0v) is 37.5. The van der Waals surface area contributed by atoms with Crippen molar-refractivity contribution in [1.82, 2.24) is 19.1 Å². The molecule has 0 saturated carbocycles. The summed E-state index contributed by atoms with van der Waals surface area (Å²) in [5.74, 6) is 0.608. The minimum atomic E-state index is -0.282. The molecule has 0 spiro atoms. The highest BCUT2D eigenvalue weighted by molar-refractivity contribution is 6.24. The Bertz CT molecular complexity index is 4100. The number of hydrogen-bond acceptors (Lipinski definition) is 3. The van der Waals surface area contributed by atoms with E-state index in [0.717, 1.165) is 78.2 Å². The van der Waals surface area contributed by atoms with Crippen LogP contribution in [-0.4, -0.2) is 19.1 Å². The molecule has 320 valence electrons. The van der Waals surface area contributed by atoms with Crippen molar-refractivity contribution in [1.29, 1.82) is 0 Å². The molecule has 4 aromatic heterocycles. The highest BCUT2D eigenvalue weighted by atomic mass is 16.3. The van der Waals surface area contributed by atoms with Crippen LogP contribution in [0.2, 0.25) is 0 Å². The SMILES string of the molecule is CC1(C)c2cc(-c3cc(-c4ccccc4)nc(-c4ccccc4)c3)ccc2-c2ccc(-n3c4ccccc4c4ccc5c6ccccc6n(-c6cccc7nc(-c8ccccc8)oc67)c5c43)cc21. The highest BCUT2D eigenvalue weighted by Gasteiger charge is 2.36. The average Bonchev–Trinajstić information content (AvgIpc) is 4.14. The lowest BCUT2D eigenvalue weighted by atomic mass is 9.81. The number of para-hydroxylation sites is 3. The summed E-state index contributed by atoms with van der Waals surface area (Å²) in [6.45, 7) is 4.76. The van der Waals surface area contributed by atoms with Gasteiger partial charge in [-0.25, -0.2) is 9.97 Å². The summed E-state index contributed by atoms with van der Waals surface area (Å²) in [5, 5.41) is 4.77. The molecule has 1 aliphatic carbocycles. The molecule has 0 bridgehead atoms. The van der Waals surface area contributed by atoms with Crippen LogP contribution in [0.1, 0.15) is 25.0 Å². The first-order chi connectivity index (χ1) is 33.5. The Balaban J connectivity index is 0.963. The molecule has 0 fully saturated rings. The van der Waals surface area contributed by atoms with Crippen LogP contribution in [0, 0.1) is 0 Å². The van der Waals surface area contributed by atoms with Crippen molar-refractivity contribution >= 4 is 54.7 Å². The van der Waals surface area contributed by atoms with E-state index in [2.05, 4.69) is 205 Å². The van der Waals surface area contributed by atoms with E-state index in [1.807, 2.05) is 36.4 Å². The normalized spacial score (nSPS) is 13.0. The molecule has 5 nitrogen and oxygen atoms in total. The molecule has 0 aliphatic heterocycles. The van der Waals surface area contributed by atoms with Crippen LogP contribution in [0.3, 0.4) is 0 Å². The smallest absolute Gasteiger partial charge is 0.227 e. The molecule has 13 aromatic rings. The van der Waals surface area contributed by atoms with Crippen molar-refractivity contribution in [2.75, 3.05) is 0 Å². The molecule has 0 saturated heterocycles. The fourth-order valence-electron chi connectivity index (χ4n) is 11.1. The molecule has 0 amide bonds. The summed E-state index contributed by atoms with van der Waals surface area (Å²) in [7, 11) is 0. The molecule has 0 unspecified atom stereocenters. The second-order valence-corrected chi connectivity index (χ2v) is 18.5. The number of rotatable bonds is 6. The minimum Gasteiger partial charge on any atom is -0.434 e. The molecule has 68 heavy (non-hydrogen) atoms. The van der Waals surface area contributed by atoms with Crippen LogP contribution < -0.4 is 0 Å². The molecule has 14 rings (SSSR count). The first-order valence-corrected chi connectivity index (χ1v) is 23.3. The van der Waals surface area contributed by atoms with Gasteiger partial charge in [0.15, 0.2) is 5.58 Å². The standard InChI is InChI=1S/C63H42N4O/c1-63(2)51-35-42(43-36-54(39-17-6-3-7-18-39)64-55(37-43)40-19-8-4-9-20-40)29-31-45(51)46-32-30-44(38-52(46)63)66-56-26-14-12-23-47(56)49-33-34-50-48-24-13-15-27-57(48)67(60(50)59(49)66)58-28-16-25-53-61(58)68-62(65-53)41-21-10-5-11-22-41/h3-38H,1-2H3. The van der Waals surface area contributed by atoms with E-state index >= 15 is 0 Å².